The average Bonchev–Trinajstić information content (AvgIpc) is 2.95. The molecule has 0 radical (unpaired) electrons. The van der Waals surface area contributed by atoms with E-state index in [-0.39, 0.29) is 6.04 Å². The number of hydrogen-bond donors (Lipinski definition) is 1. The molecule has 6 heteroatoms. The summed E-state index contributed by atoms with van der Waals surface area (Å²) in [7, 11) is -1.71. The van der Waals surface area contributed by atoms with Crippen molar-refractivity contribution in [1.82, 2.24) is 9.29 Å². The van der Waals surface area contributed by atoms with Crippen molar-refractivity contribution in [3.63, 3.8) is 0 Å². The minimum atomic E-state index is -3.45. The first-order chi connectivity index (χ1) is 9.64. The van der Waals surface area contributed by atoms with Gasteiger partial charge in [-0.2, -0.15) is 4.31 Å². The van der Waals surface area contributed by atoms with E-state index in [9.17, 15) is 8.42 Å². The van der Waals surface area contributed by atoms with E-state index in [1.807, 2.05) is 0 Å². The molecular formula is C14H21N3O2S. The van der Waals surface area contributed by atoms with E-state index >= 15 is 0 Å². The van der Waals surface area contributed by atoms with E-state index in [2.05, 4.69) is 10.3 Å². The Labute approximate surface area is 120 Å². The molecule has 110 valence electrons. The van der Waals surface area contributed by atoms with Gasteiger partial charge in [0.15, 0.2) is 0 Å². The van der Waals surface area contributed by atoms with Crippen LogP contribution in [0.2, 0.25) is 0 Å². The summed E-state index contributed by atoms with van der Waals surface area (Å²) in [6, 6.07) is 1.90. The Kier molecular flexibility index (Phi) is 3.69. The molecule has 0 aromatic carbocycles. The fourth-order valence-corrected chi connectivity index (χ4v) is 5.52. The lowest BCUT2D eigenvalue weighted by molar-refractivity contribution is 0.202. The van der Waals surface area contributed by atoms with Gasteiger partial charge < -0.3 is 5.32 Å². The zero-order chi connectivity index (χ0) is 14.2. The molecule has 2 fully saturated rings. The summed E-state index contributed by atoms with van der Waals surface area (Å²) in [4.78, 5) is 4.30. The number of aromatic nitrogens is 1. The number of hydrogen-bond acceptors (Lipinski definition) is 4. The molecule has 1 saturated carbocycles. The lowest BCUT2D eigenvalue weighted by Gasteiger charge is -2.36. The van der Waals surface area contributed by atoms with Crippen LogP contribution in [0.15, 0.2) is 23.4 Å². The van der Waals surface area contributed by atoms with Gasteiger partial charge in [-0.1, -0.05) is 6.42 Å². The van der Waals surface area contributed by atoms with Gasteiger partial charge >= 0.3 is 0 Å². The standard InChI is InChI=1S/C14H21N3O2S/c1-15-12-7-8-16-10-14(12)20(18,19)17-9-3-5-11-4-2-6-13(11)17/h7-8,10-11,13H,2-6,9H2,1H3,(H,15,16). The number of pyridine rings is 1. The van der Waals surface area contributed by atoms with Gasteiger partial charge in [0.05, 0.1) is 5.69 Å². The van der Waals surface area contributed by atoms with Crippen LogP contribution in [0.25, 0.3) is 0 Å². The van der Waals surface area contributed by atoms with E-state index in [4.69, 9.17) is 0 Å². The van der Waals surface area contributed by atoms with Gasteiger partial charge in [-0.15, -0.1) is 0 Å². The van der Waals surface area contributed by atoms with Crippen LogP contribution in [-0.2, 0) is 10.0 Å². The molecule has 1 aromatic heterocycles. The summed E-state index contributed by atoms with van der Waals surface area (Å²) >= 11 is 0. The predicted octanol–water partition coefficient (Wildman–Crippen LogP) is 2.08. The molecule has 5 nitrogen and oxygen atoms in total. The summed E-state index contributed by atoms with van der Waals surface area (Å²) in [6.07, 6.45) is 8.52. The summed E-state index contributed by atoms with van der Waals surface area (Å²) < 4.78 is 27.6. The van der Waals surface area contributed by atoms with Crippen molar-refractivity contribution >= 4 is 15.7 Å². The Hall–Kier alpha value is -1.14. The molecule has 0 bridgehead atoms. The number of nitrogens with one attached hydrogen (secondary N) is 1. The SMILES string of the molecule is CNc1ccncc1S(=O)(=O)N1CCCC2CCCC21. The number of sulfonamides is 1. The van der Waals surface area contributed by atoms with Crippen LogP contribution in [0.5, 0.6) is 0 Å². The van der Waals surface area contributed by atoms with Crippen LogP contribution in [0.1, 0.15) is 32.1 Å². The molecule has 20 heavy (non-hydrogen) atoms. The van der Waals surface area contributed by atoms with Gasteiger partial charge in [0.25, 0.3) is 0 Å². The van der Waals surface area contributed by atoms with Gasteiger partial charge in [0.1, 0.15) is 4.90 Å². The van der Waals surface area contributed by atoms with Crippen LogP contribution in [0, 0.1) is 5.92 Å². The Morgan fingerprint density at radius 3 is 2.90 bits per heavy atom. The van der Waals surface area contributed by atoms with Gasteiger partial charge in [-0.25, -0.2) is 8.42 Å². The van der Waals surface area contributed by atoms with E-state index in [1.54, 1.807) is 23.6 Å². The molecule has 1 saturated heterocycles. The second kappa shape index (κ2) is 5.33. The Morgan fingerprint density at radius 2 is 2.10 bits per heavy atom. The molecular weight excluding hydrogens is 274 g/mol. The Morgan fingerprint density at radius 1 is 1.30 bits per heavy atom. The summed E-state index contributed by atoms with van der Waals surface area (Å²) in [6.45, 7) is 0.640. The van der Waals surface area contributed by atoms with Crippen LogP contribution >= 0.6 is 0 Å². The maximum Gasteiger partial charge on any atom is 0.246 e. The van der Waals surface area contributed by atoms with Crippen LogP contribution < -0.4 is 5.32 Å². The number of fused-ring (bicyclic) bond motifs is 1. The van der Waals surface area contributed by atoms with Crippen molar-refractivity contribution in [2.75, 3.05) is 18.9 Å². The molecule has 2 heterocycles. The van der Waals surface area contributed by atoms with E-state index in [0.29, 0.717) is 23.0 Å². The van der Waals surface area contributed by atoms with E-state index in [0.717, 1.165) is 19.3 Å². The molecule has 1 aliphatic carbocycles. The molecule has 0 spiro atoms. The molecule has 1 aliphatic heterocycles. The zero-order valence-electron chi connectivity index (χ0n) is 11.7. The predicted molar refractivity (Wildman–Crippen MR) is 78.0 cm³/mol. The van der Waals surface area contributed by atoms with Gasteiger partial charge in [0.2, 0.25) is 10.0 Å². The third-order valence-electron chi connectivity index (χ3n) is 4.58. The quantitative estimate of drug-likeness (QED) is 0.927. The van der Waals surface area contributed by atoms with Crippen LogP contribution in [-0.4, -0.2) is 37.3 Å². The number of piperidine rings is 1. The summed E-state index contributed by atoms with van der Waals surface area (Å²) in [5, 5.41) is 2.95. The number of anilines is 1. The Bertz CT molecular complexity index is 588. The van der Waals surface area contributed by atoms with Gasteiger partial charge in [-0.05, 0) is 37.7 Å². The summed E-state index contributed by atoms with van der Waals surface area (Å²) in [5.74, 6) is 0.549. The monoisotopic (exact) mass is 295 g/mol. The van der Waals surface area contributed by atoms with Crippen molar-refractivity contribution in [2.45, 2.75) is 43.0 Å². The highest BCUT2D eigenvalue weighted by atomic mass is 32.2. The first-order valence-electron chi connectivity index (χ1n) is 7.28. The number of rotatable bonds is 3. The molecule has 0 amide bonds. The van der Waals surface area contributed by atoms with E-state index < -0.39 is 10.0 Å². The van der Waals surface area contributed by atoms with Gasteiger partial charge in [0, 0.05) is 32.0 Å². The minimum Gasteiger partial charge on any atom is -0.387 e. The summed E-state index contributed by atoms with van der Waals surface area (Å²) in [5.41, 5.74) is 0.625. The van der Waals surface area contributed by atoms with Gasteiger partial charge in [-0.3, -0.25) is 4.98 Å². The van der Waals surface area contributed by atoms with Crippen molar-refractivity contribution in [2.24, 2.45) is 5.92 Å². The highest BCUT2D eigenvalue weighted by molar-refractivity contribution is 7.89. The Balaban J connectivity index is 1.98. The first-order valence-corrected chi connectivity index (χ1v) is 8.72. The lowest BCUT2D eigenvalue weighted by atomic mass is 9.94. The molecule has 2 unspecified atom stereocenters. The third-order valence-corrected chi connectivity index (χ3v) is 6.53. The fraction of sp³-hybridized carbons (Fsp3) is 0.643. The minimum absolute atomic E-state index is 0.193. The molecule has 1 N–H and O–H groups in total. The van der Waals surface area contributed by atoms with E-state index in [1.165, 1.54) is 19.0 Å². The van der Waals surface area contributed by atoms with Crippen LogP contribution in [0.3, 0.4) is 0 Å². The highest BCUT2D eigenvalue weighted by Crippen LogP contribution is 2.40. The highest BCUT2D eigenvalue weighted by Gasteiger charge is 2.41. The maximum absolute atomic E-state index is 13.0. The average molecular weight is 295 g/mol. The van der Waals surface area contributed by atoms with Crippen molar-refractivity contribution in [3.05, 3.63) is 18.5 Å². The normalized spacial score (nSPS) is 27.2. The third kappa shape index (κ3) is 2.20. The second-order valence-corrected chi connectivity index (χ2v) is 7.50. The lowest BCUT2D eigenvalue weighted by Crippen LogP contribution is -2.46. The topological polar surface area (TPSA) is 62.3 Å². The van der Waals surface area contributed by atoms with Crippen molar-refractivity contribution in [1.29, 1.82) is 0 Å². The number of nitrogens with zero attached hydrogens (tertiary/aromatic N) is 2. The van der Waals surface area contributed by atoms with Crippen LogP contribution in [0.4, 0.5) is 5.69 Å². The molecule has 3 rings (SSSR count). The fourth-order valence-electron chi connectivity index (χ4n) is 3.63. The molecule has 2 aliphatic rings. The van der Waals surface area contributed by atoms with Crippen molar-refractivity contribution in [3.8, 4) is 0 Å². The molecule has 2 atom stereocenters. The first kappa shape index (κ1) is 13.8. The zero-order valence-corrected chi connectivity index (χ0v) is 12.6. The second-order valence-electron chi connectivity index (χ2n) is 5.64. The molecule has 1 aromatic rings. The smallest absolute Gasteiger partial charge is 0.246 e. The maximum atomic E-state index is 13.0. The largest absolute Gasteiger partial charge is 0.387 e. The van der Waals surface area contributed by atoms with Crippen molar-refractivity contribution < 1.29 is 8.42 Å².